The minimum atomic E-state index is -0.534. The summed E-state index contributed by atoms with van der Waals surface area (Å²) in [5.74, 6) is 0.0219. The lowest BCUT2D eigenvalue weighted by molar-refractivity contribution is -0.330. The van der Waals surface area contributed by atoms with Gasteiger partial charge >= 0.3 is 11.4 Å². The topological polar surface area (TPSA) is 70.4 Å². The third-order valence-electron chi connectivity index (χ3n) is 1.58. The van der Waals surface area contributed by atoms with Gasteiger partial charge in [-0.3, -0.25) is 5.73 Å². The van der Waals surface area contributed by atoms with E-state index < -0.39 is 5.63 Å². The first-order valence-electron chi connectivity index (χ1n) is 3.48. The number of hydrogen-bond donors (Lipinski definition) is 1. The molecule has 0 bridgehead atoms. The van der Waals surface area contributed by atoms with Crippen LogP contribution in [0.1, 0.15) is 0 Å². The molecule has 0 saturated heterocycles. The van der Waals surface area contributed by atoms with Crippen molar-refractivity contribution in [3.63, 3.8) is 0 Å². The Balaban J connectivity index is 2.93. The zero-order chi connectivity index (χ0) is 8.55. The summed E-state index contributed by atoms with van der Waals surface area (Å²) in [6.45, 7) is 0. The van der Waals surface area contributed by atoms with Crippen molar-refractivity contribution in [1.82, 2.24) is 0 Å². The van der Waals surface area contributed by atoms with Crippen molar-refractivity contribution in [2.75, 3.05) is 5.73 Å². The van der Waals surface area contributed by atoms with E-state index in [4.69, 9.17) is 10.2 Å². The first-order chi connectivity index (χ1) is 5.77. The second kappa shape index (κ2) is 2.34. The molecular formula is C8H7N2O2+. The molecule has 1 aromatic heterocycles. The van der Waals surface area contributed by atoms with Crippen molar-refractivity contribution < 1.29 is 9.40 Å². The number of aromatic nitrogens is 1. The van der Waals surface area contributed by atoms with E-state index in [1.165, 1.54) is 0 Å². The van der Waals surface area contributed by atoms with Crippen LogP contribution in [0.2, 0.25) is 0 Å². The SMILES string of the molecule is Nc1[nH+]c2ccccc2oc1=O. The smallest absolute Gasteiger partial charge is 0.413 e. The van der Waals surface area contributed by atoms with Crippen LogP contribution >= 0.6 is 0 Å². The van der Waals surface area contributed by atoms with Crippen molar-refractivity contribution >= 4 is 16.9 Å². The molecule has 0 radical (unpaired) electrons. The molecule has 0 atom stereocenters. The highest BCUT2D eigenvalue weighted by molar-refractivity contribution is 5.68. The van der Waals surface area contributed by atoms with Gasteiger partial charge in [-0.15, -0.1) is 0 Å². The zero-order valence-corrected chi connectivity index (χ0v) is 6.20. The zero-order valence-electron chi connectivity index (χ0n) is 6.20. The van der Waals surface area contributed by atoms with E-state index in [1.807, 2.05) is 6.07 Å². The molecule has 0 unspecified atom stereocenters. The van der Waals surface area contributed by atoms with Gasteiger partial charge < -0.3 is 4.42 Å². The summed E-state index contributed by atoms with van der Waals surface area (Å²) >= 11 is 0. The fourth-order valence-corrected chi connectivity index (χ4v) is 1.01. The molecule has 0 aliphatic carbocycles. The van der Waals surface area contributed by atoms with Gasteiger partial charge in [0.05, 0.1) is 0 Å². The first kappa shape index (κ1) is 6.84. The number of nitrogen functional groups attached to an aromatic ring is 1. The lowest BCUT2D eigenvalue weighted by atomic mass is 10.3. The summed E-state index contributed by atoms with van der Waals surface area (Å²) in [7, 11) is 0. The van der Waals surface area contributed by atoms with Crippen LogP contribution in [0.4, 0.5) is 5.82 Å². The maximum atomic E-state index is 10.9. The maximum absolute atomic E-state index is 10.9. The van der Waals surface area contributed by atoms with E-state index in [1.54, 1.807) is 18.2 Å². The van der Waals surface area contributed by atoms with Gasteiger partial charge in [0, 0.05) is 0 Å². The van der Waals surface area contributed by atoms with Crippen LogP contribution in [0, 0.1) is 0 Å². The molecule has 1 aromatic carbocycles. The van der Waals surface area contributed by atoms with Gasteiger partial charge in [-0.05, 0) is 12.1 Å². The van der Waals surface area contributed by atoms with Crippen LogP contribution in [0.5, 0.6) is 0 Å². The minimum Gasteiger partial charge on any atom is -0.413 e. The van der Waals surface area contributed by atoms with E-state index in [0.717, 1.165) is 5.52 Å². The number of rotatable bonds is 0. The summed E-state index contributed by atoms with van der Waals surface area (Å²) in [5.41, 5.74) is 6.02. The number of benzene rings is 1. The molecule has 0 fully saturated rings. The summed E-state index contributed by atoms with van der Waals surface area (Å²) in [5, 5.41) is 0. The standard InChI is InChI=1S/C8H6N2O2/c9-7-8(11)12-6-4-2-1-3-5(6)10-7/h1-4H,(H2,9,10)/p+1. The van der Waals surface area contributed by atoms with Crippen molar-refractivity contribution in [3.8, 4) is 0 Å². The number of nitrogens with two attached hydrogens (primary N) is 1. The number of aromatic amines is 1. The lowest BCUT2D eigenvalue weighted by Crippen LogP contribution is -2.21. The van der Waals surface area contributed by atoms with Crippen LogP contribution in [0.15, 0.2) is 33.5 Å². The van der Waals surface area contributed by atoms with Gasteiger partial charge in [-0.1, -0.05) is 12.1 Å². The number of fused-ring (bicyclic) bond motifs is 1. The van der Waals surface area contributed by atoms with Gasteiger partial charge in [0.25, 0.3) is 0 Å². The summed E-state index contributed by atoms with van der Waals surface area (Å²) < 4.78 is 4.88. The van der Waals surface area contributed by atoms with E-state index in [-0.39, 0.29) is 5.82 Å². The first-order valence-corrected chi connectivity index (χ1v) is 3.48. The highest BCUT2D eigenvalue weighted by atomic mass is 16.4. The molecule has 0 saturated carbocycles. The third-order valence-corrected chi connectivity index (χ3v) is 1.58. The average Bonchev–Trinajstić information content (AvgIpc) is 2.07. The molecular weight excluding hydrogens is 156 g/mol. The minimum absolute atomic E-state index is 0.0219. The monoisotopic (exact) mass is 163 g/mol. The molecule has 4 nitrogen and oxygen atoms in total. The molecule has 2 aromatic rings. The van der Waals surface area contributed by atoms with Crippen molar-refractivity contribution in [1.29, 1.82) is 0 Å². The number of anilines is 1. The summed E-state index contributed by atoms with van der Waals surface area (Å²) in [4.78, 5) is 13.6. The molecule has 0 aliphatic heterocycles. The molecule has 0 amide bonds. The molecule has 60 valence electrons. The van der Waals surface area contributed by atoms with Crippen LogP contribution in [-0.4, -0.2) is 0 Å². The van der Waals surface area contributed by atoms with E-state index >= 15 is 0 Å². The van der Waals surface area contributed by atoms with Crippen LogP contribution in [0.3, 0.4) is 0 Å². The van der Waals surface area contributed by atoms with Crippen LogP contribution in [-0.2, 0) is 0 Å². The lowest BCUT2D eigenvalue weighted by Gasteiger charge is -1.90. The predicted octanol–water partition coefficient (Wildman–Crippen LogP) is 0.189. The van der Waals surface area contributed by atoms with E-state index in [2.05, 4.69) is 4.98 Å². The van der Waals surface area contributed by atoms with Crippen LogP contribution in [0.25, 0.3) is 11.1 Å². The Kier molecular flexibility index (Phi) is 1.33. The highest BCUT2D eigenvalue weighted by Crippen LogP contribution is 2.04. The molecule has 0 aliphatic rings. The fraction of sp³-hybridized carbons (Fsp3) is 0. The Morgan fingerprint density at radius 1 is 1.33 bits per heavy atom. The van der Waals surface area contributed by atoms with Gasteiger partial charge in [0.2, 0.25) is 0 Å². The average molecular weight is 163 g/mol. The van der Waals surface area contributed by atoms with Crippen molar-refractivity contribution in [3.05, 3.63) is 34.7 Å². The Bertz CT molecular complexity index is 476. The largest absolute Gasteiger partial charge is 0.426 e. The quantitative estimate of drug-likeness (QED) is 0.602. The van der Waals surface area contributed by atoms with Crippen LogP contribution < -0.4 is 16.3 Å². The third kappa shape index (κ3) is 0.934. The Morgan fingerprint density at radius 2 is 2.08 bits per heavy atom. The Labute approximate surface area is 67.6 Å². The Hall–Kier alpha value is -1.84. The number of nitrogens with one attached hydrogen (secondary N) is 1. The van der Waals surface area contributed by atoms with Crippen molar-refractivity contribution in [2.45, 2.75) is 0 Å². The Morgan fingerprint density at radius 3 is 2.92 bits per heavy atom. The van der Waals surface area contributed by atoms with E-state index in [9.17, 15) is 4.79 Å². The normalized spacial score (nSPS) is 10.3. The number of hydrogen-bond acceptors (Lipinski definition) is 3. The predicted molar refractivity (Wildman–Crippen MR) is 43.5 cm³/mol. The molecule has 2 rings (SSSR count). The second-order valence-electron chi connectivity index (χ2n) is 2.42. The number of H-pyrrole nitrogens is 1. The number of para-hydroxylation sites is 2. The fourth-order valence-electron chi connectivity index (χ4n) is 1.01. The van der Waals surface area contributed by atoms with Gasteiger partial charge in [0.1, 0.15) is 0 Å². The molecule has 1 heterocycles. The van der Waals surface area contributed by atoms with E-state index in [0.29, 0.717) is 5.58 Å². The van der Waals surface area contributed by atoms with Gasteiger partial charge in [0.15, 0.2) is 11.1 Å². The van der Waals surface area contributed by atoms with Crippen molar-refractivity contribution in [2.24, 2.45) is 0 Å². The molecule has 0 spiro atoms. The summed E-state index contributed by atoms with van der Waals surface area (Å²) in [6, 6.07) is 7.11. The molecule has 3 N–H and O–H groups in total. The summed E-state index contributed by atoms with van der Waals surface area (Å²) in [6.07, 6.45) is 0. The molecule has 12 heavy (non-hydrogen) atoms. The van der Waals surface area contributed by atoms with Gasteiger partial charge in [-0.25, -0.2) is 9.78 Å². The second-order valence-corrected chi connectivity index (χ2v) is 2.42. The van der Waals surface area contributed by atoms with Gasteiger partial charge in [-0.2, -0.15) is 0 Å². The molecule has 4 heteroatoms. The highest BCUT2D eigenvalue weighted by Gasteiger charge is 2.06. The maximum Gasteiger partial charge on any atom is 0.426 e.